The first kappa shape index (κ1) is 16.0. The quantitative estimate of drug-likeness (QED) is 0.829. The van der Waals surface area contributed by atoms with Crippen LogP contribution < -0.4 is 5.32 Å². The standard InChI is InChI=1S/C16H16N2O6/c1-22-8-11-10-4-2-3-5-12(10)24-14(11)15(20)23-9-13(19)18-7-6-17-16(18)21/h2-5H,6-9H2,1H3,(H,17,21). The van der Waals surface area contributed by atoms with Gasteiger partial charge in [0, 0.05) is 31.1 Å². The molecular formula is C16H16N2O6. The van der Waals surface area contributed by atoms with Crippen molar-refractivity contribution in [3.05, 3.63) is 35.6 Å². The Bertz CT molecular complexity index is 797. The van der Waals surface area contributed by atoms with Crippen molar-refractivity contribution in [1.29, 1.82) is 0 Å². The van der Waals surface area contributed by atoms with Crippen molar-refractivity contribution in [3.8, 4) is 0 Å². The minimum absolute atomic E-state index is 0.00303. The van der Waals surface area contributed by atoms with E-state index in [0.717, 1.165) is 10.3 Å². The summed E-state index contributed by atoms with van der Waals surface area (Å²) in [5.74, 6) is -1.36. The molecule has 0 bridgehead atoms. The highest BCUT2D eigenvalue weighted by Gasteiger charge is 2.28. The minimum atomic E-state index is -0.772. The van der Waals surface area contributed by atoms with Gasteiger partial charge >= 0.3 is 12.0 Å². The SMILES string of the molecule is COCc1c(C(=O)OCC(=O)N2CCNC2=O)oc2ccccc12. The number of fused-ring (bicyclic) bond motifs is 1. The van der Waals surface area contributed by atoms with E-state index in [4.69, 9.17) is 13.9 Å². The van der Waals surface area contributed by atoms with Gasteiger partial charge in [-0.05, 0) is 6.07 Å². The fourth-order valence-corrected chi connectivity index (χ4v) is 2.53. The monoisotopic (exact) mass is 332 g/mol. The lowest BCUT2D eigenvalue weighted by molar-refractivity contribution is -0.130. The van der Waals surface area contributed by atoms with Crippen molar-refractivity contribution in [2.24, 2.45) is 0 Å². The van der Waals surface area contributed by atoms with E-state index in [-0.39, 0.29) is 18.9 Å². The van der Waals surface area contributed by atoms with E-state index in [1.54, 1.807) is 12.1 Å². The zero-order valence-electron chi connectivity index (χ0n) is 13.0. The van der Waals surface area contributed by atoms with Crippen molar-refractivity contribution in [3.63, 3.8) is 0 Å². The van der Waals surface area contributed by atoms with Crippen LogP contribution in [-0.2, 0) is 20.9 Å². The maximum absolute atomic E-state index is 12.3. The number of hydrogen-bond acceptors (Lipinski definition) is 6. The molecule has 24 heavy (non-hydrogen) atoms. The van der Waals surface area contributed by atoms with Gasteiger partial charge in [-0.2, -0.15) is 0 Å². The number of nitrogens with one attached hydrogen (secondary N) is 1. The molecular weight excluding hydrogens is 316 g/mol. The molecule has 3 amide bonds. The second-order valence-electron chi connectivity index (χ2n) is 5.19. The Morgan fingerprint density at radius 1 is 1.33 bits per heavy atom. The lowest BCUT2D eigenvalue weighted by Crippen LogP contribution is -2.37. The minimum Gasteiger partial charge on any atom is -0.450 e. The largest absolute Gasteiger partial charge is 0.450 e. The first-order chi connectivity index (χ1) is 11.6. The van der Waals surface area contributed by atoms with Gasteiger partial charge in [0.2, 0.25) is 5.76 Å². The normalized spacial score (nSPS) is 14.0. The van der Waals surface area contributed by atoms with Crippen LogP contribution in [0.4, 0.5) is 4.79 Å². The molecule has 1 aromatic heterocycles. The second-order valence-corrected chi connectivity index (χ2v) is 5.19. The highest BCUT2D eigenvalue weighted by molar-refractivity contribution is 5.99. The summed E-state index contributed by atoms with van der Waals surface area (Å²) < 4.78 is 15.7. The summed E-state index contributed by atoms with van der Waals surface area (Å²) >= 11 is 0. The molecule has 1 aliphatic heterocycles. The average molecular weight is 332 g/mol. The fourth-order valence-electron chi connectivity index (χ4n) is 2.53. The lowest BCUT2D eigenvalue weighted by Gasteiger charge is -2.11. The van der Waals surface area contributed by atoms with Crippen LogP contribution in [0, 0.1) is 0 Å². The molecule has 2 aromatic rings. The molecule has 0 spiro atoms. The number of imide groups is 1. The number of benzene rings is 1. The first-order valence-electron chi connectivity index (χ1n) is 7.36. The molecule has 1 N–H and O–H groups in total. The van der Waals surface area contributed by atoms with E-state index in [9.17, 15) is 14.4 Å². The molecule has 126 valence electrons. The molecule has 0 radical (unpaired) electrons. The highest BCUT2D eigenvalue weighted by atomic mass is 16.5. The lowest BCUT2D eigenvalue weighted by atomic mass is 10.1. The molecule has 0 unspecified atom stereocenters. The third-order valence-corrected chi connectivity index (χ3v) is 3.66. The Kier molecular flexibility index (Phi) is 4.48. The van der Waals surface area contributed by atoms with Gasteiger partial charge in [0.05, 0.1) is 6.61 Å². The number of amides is 3. The number of ether oxygens (including phenoxy) is 2. The predicted octanol–water partition coefficient (Wildman–Crippen LogP) is 1.29. The number of para-hydroxylation sites is 1. The van der Waals surface area contributed by atoms with E-state index >= 15 is 0 Å². The van der Waals surface area contributed by atoms with Gasteiger partial charge in [-0.3, -0.25) is 9.69 Å². The van der Waals surface area contributed by atoms with Crippen LogP contribution in [0.15, 0.2) is 28.7 Å². The van der Waals surface area contributed by atoms with E-state index in [1.807, 2.05) is 12.1 Å². The smallest absolute Gasteiger partial charge is 0.375 e. The van der Waals surface area contributed by atoms with Gasteiger partial charge in [0.25, 0.3) is 5.91 Å². The Balaban J connectivity index is 1.75. The highest BCUT2D eigenvalue weighted by Crippen LogP contribution is 2.27. The van der Waals surface area contributed by atoms with E-state index < -0.39 is 24.5 Å². The Morgan fingerprint density at radius 2 is 2.12 bits per heavy atom. The number of rotatable bonds is 5. The summed E-state index contributed by atoms with van der Waals surface area (Å²) in [5, 5.41) is 3.25. The predicted molar refractivity (Wildman–Crippen MR) is 82.3 cm³/mol. The van der Waals surface area contributed by atoms with Crippen molar-refractivity contribution in [2.75, 3.05) is 26.8 Å². The topological polar surface area (TPSA) is 98.1 Å². The van der Waals surface area contributed by atoms with Crippen LogP contribution in [0.25, 0.3) is 11.0 Å². The van der Waals surface area contributed by atoms with Gasteiger partial charge in [0.1, 0.15) is 5.58 Å². The molecule has 0 saturated carbocycles. The van der Waals surface area contributed by atoms with Crippen LogP contribution in [0.5, 0.6) is 0 Å². The van der Waals surface area contributed by atoms with Gasteiger partial charge < -0.3 is 19.2 Å². The molecule has 0 aliphatic carbocycles. The van der Waals surface area contributed by atoms with Crippen LogP contribution in [0.1, 0.15) is 16.1 Å². The number of urea groups is 1. The summed E-state index contributed by atoms with van der Waals surface area (Å²) in [6, 6.07) is 6.66. The Morgan fingerprint density at radius 3 is 2.83 bits per heavy atom. The third kappa shape index (κ3) is 2.95. The molecule has 1 fully saturated rings. The number of nitrogens with zero attached hydrogens (tertiary/aromatic N) is 1. The Hall–Kier alpha value is -2.87. The van der Waals surface area contributed by atoms with E-state index in [0.29, 0.717) is 17.7 Å². The molecule has 1 aliphatic rings. The van der Waals surface area contributed by atoms with E-state index in [1.165, 1.54) is 7.11 Å². The molecule has 0 atom stereocenters. The third-order valence-electron chi connectivity index (χ3n) is 3.66. The summed E-state index contributed by atoms with van der Waals surface area (Å²) in [6.45, 7) is 0.286. The maximum atomic E-state index is 12.3. The number of carbonyl (C=O) groups is 3. The van der Waals surface area contributed by atoms with Crippen LogP contribution >= 0.6 is 0 Å². The van der Waals surface area contributed by atoms with Crippen LogP contribution in [-0.4, -0.2) is 49.6 Å². The maximum Gasteiger partial charge on any atom is 0.375 e. The van der Waals surface area contributed by atoms with Gasteiger partial charge in [-0.25, -0.2) is 9.59 Å². The number of furan rings is 1. The van der Waals surface area contributed by atoms with Crippen molar-refractivity contribution >= 4 is 28.9 Å². The second kappa shape index (κ2) is 6.71. The number of methoxy groups -OCH3 is 1. The van der Waals surface area contributed by atoms with E-state index in [2.05, 4.69) is 5.32 Å². The number of esters is 1. The van der Waals surface area contributed by atoms with Gasteiger partial charge in [-0.15, -0.1) is 0 Å². The van der Waals surface area contributed by atoms with Crippen LogP contribution in [0.3, 0.4) is 0 Å². The molecule has 8 nitrogen and oxygen atoms in total. The molecule has 8 heteroatoms. The number of hydrogen-bond donors (Lipinski definition) is 1. The average Bonchev–Trinajstić information content (AvgIpc) is 3.17. The van der Waals surface area contributed by atoms with Gasteiger partial charge in [-0.1, -0.05) is 18.2 Å². The molecule has 1 saturated heterocycles. The number of carbonyl (C=O) groups excluding carboxylic acids is 3. The summed E-state index contributed by atoms with van der Waals surface area (Å²) in [7, 11) is 1.51. The van der Waals surface area contributed by atoms with Crippen molar-refractivity contribution in [2.45, 2.75) is 6.61 Å². The fraction of sp³-hybridized carbons (Fsp3) is 0.312. The summed E-state index contributed by atoms with van der Waals surface area (Å²) in [4.78, 5) is 36.6. The van der Waals surface area contributed by atoms with Crippen molar-refractivity contribution < 1.29 is 28.3 Å². The zero-order valence-corrected chi connectivity index (χ0v) is 13.0. The summed E-state index contributed by atoms with van der Waals surface area (Å²) in [5.41, 5.74) is 1.09. The zero-order chi connectivity index (χ0) is 17.1. The molecule has 3 rings (SSSR count). The Labute approximate surface area is 137 Å². The van der Waals surface area contributed by atoms with Crippen molar-refractivity contribution in [1.82, 2.24) is 10.2 Å². The van der Waals surface area contributed by atoms with Gasteiger partial charge in [0.15, 0.2) is 6.61 Å². The first-order valence-corrected chi connectivity index (χ1v) is 7.36. The molecule has 2 heterocycles. The van der Waals surface area contributed by atoms with Crippen LogP contribution in [0.2, 0.25) is 0 Å². The molecule has 1 aromatic carbocycles. The summed E-state index contributed by atoms with van der Waals surface area (Å²) in [6.07, 6.45) is 0.